The van der Waals surface area contributed by atoms with E-state index in [1.54, 1.807) is 12.1 Å². The van der Waals surface area contributed by atoms with E-state index in [0.29, 0.717) is 17.9 Å². The maximum Gasteiger partial charge on any atom is 0.148 e. The summed E-state index contributed by atoms with van der Waals surface area (Å²) in [5, 5.41) is 0. The minimum Gasteiger partial charge on any atom is -0.399 e. The van der Waals surface area contributed by atoms with Crippen molar-refractivity contribution in [3.63, 3.8) is 0 Å². The summed E-state index contributed by atoms with van der Waals surface area (Å²) in [6.07, 6.45) is 0. The Morgan fingerprint density at radius 3 is 2.61 bits per heavy atom. The van der Waals surface area contributed by atoms with Crippen LogP contribution in [0.5, 0.6) is 0 Å². The first-order valence-corrected chi connectivity index (χ1v) is 5.88. The highest BCUT2D eigenvalue weighted by atomic mass is 19.1. The van der Waals surface area contributed by atoms with Crippen molar-refractivity contribution in [2.75, 3.05) is 17.7 Å². The van der Waals surface area contributed by atoms with Crippen LogP contribution in [0.15, 0.2) is 42.5 Å². The van der Waals surface area contributed by atoms with Crippen LogP contribution in [0.2, 0.25) is 0 Å². The molecule has 0 saturated carbocycles. The van der Waals surface area contributed by atoms with E-state index in [2.05, 4.69) is 6.07 Å². The summed E-state index contributed by atoms with van der Waals surface area (Å²) < 4.78 is 13.8. The minimum absolute atomic E-state index is 0.287. The molecule has 0 saturated heterocycles. The van der Waals surface area contributed by atoms with Crippen LogP contribution in [0.4, 0.5) is 15.8 Å². The molecule has 2 rings (SSSR count). The third-order valence-electron chi connectivity index (χ3n) is 2.89. The van der Waals surface area contributed by atoms with Crippen LogP contribution < -0.4 is 10.6 Å². The molecule has 94 valence electrons. The number of benzene rings is 2. The SMILES string of the molecule is Cc1cccc(CN(C)c2ccc(N)cc2F)c1. The predicted molar refractivity (Wildman–Crippen MR) is 74.1 cm³/mol. The van der Waals surface area contributed by atoms with Crippen LogP contribution in [-0.2, 0) is 6.54 Å². The zero-order valence-corrected chi connectivity index (χ0v) is 10.7. The average molecular weight is 244 g/mol. The maximum absolute atomic E-state index is 13.8. The van der Waals surface area contributed by atoms with Crippen molar-refractivity contribution < 1.29 is 4.39 Å². The number of hydrogen-bond donors (Lipinski definition) is 1. The van der Waals surface area contributed by atoms with E-state index in [1.807, 2.05) is 37.1 Å². The van der Waals surface area contributed by atoms with Crippen molar-refractivity contribution in [2.24, 2.45) is 0 Å². The molecule has 2 aromatic rings. The Hall–Kier alpha value is -2.03. The second-order valence-electron chi connectivity index (χ2n) is 4.56. The first kappa shape index (κ1) is 12.4. The molecule has 0 bridgehead atoms. The molecule has 0 amide bonds. The molecule has 0 heterocycles. The standard InChI is InChI=1S/C15H17FN2/c1-11-4-3-5-12(8-11)10-18(2)15-7-6-13(17)9-14(15)16/h3-9H,10,17H2,1-2H3. The van der Waals surface area contributed by atoms with Crippen LogP contribution in [0.25, 0.3) is 0 Å². The zero-order valence-electron chi connectivity index (χ0n) is 10.7. The smallest absolute Gasteiger partial charge is 0.148 e. The fourth-order valence-corrected chi connectivity index (χ4v) is 2.00. The number of nitrogens with two attached hydrogens (primary N) is 1. The van der Waals surface area contributed by atoms with Gasteiger partial charge in [0.2, 0.25) is 0 Å². The van der Waals surface area contributed by atoms with Gasteiger partial charge < -0.3 is 10.6 Å². The first-order valence-electron chi connectivity index (χ1n) is 5.88. The molecule has 18 heavy (non-hydrogen) atoms. The largest absolute Gasteiger partial charge is 0.399 e. The number of aryl methyl sites for hydroxylation is 1. The lowest BCUT2D eigenvalue weighted by atomic mass is 10.1. The predicted octanol–water partition coefficient (Wildman–Crippen LogP) is 3.35. The quantitative estimate of drug-likeness (QED) is 0.839. The first-order chi connectivity index (χ1) is 8.56. The van der Waals surface area contributed by atoms with Crippen molar-refractivity contribution in [3.8, 4) is 0 Å². The Labute approximate surface area is 107 Å². The Morgan fingerprint density at radius 1 is 1.17 bits per heavy atom. The van der Waals surface area contributed by atoms with Crippen LogP contribution in [0.3, 0.4) is 0 Å². The molecular weight excluding hydrogens is 227 g/mol. The van der Waals surface area contributed by atoms with Gasteiger partial charge in [-0.25, -0.2) is 4.39 Å². The van der Waals surface area contributed by atoms with Crippen molar-refractivity contribution in [1.29, 1.82) is 0 Å². The van der Waals surface area contributed by atoms with Crippen molar-refractivity contribution >= 4 is 11.4 Å². The number of nitrogen functional groups attached to an aromatic ring is 1. The van der Waals surface area contributed by atoms with Gasteiger partial charge >= 0.3 is 0 Å². The highest BCUT2D eigenvalue weighted by Gasteiger charge is 2.08. The van der Waals surface area contributed by atoms with E-state index in [1.165, 1.54) is 11.6 Å². The van der Waals surface area contributed by atoms with E-state index in [4.69, 9.17) is 5.73 Å². The monoisotopic (exact) mass is 244 g/mol. The summed E-state index contributed by atoms with van der Waals surface area (Å²) >= 11 is 0. The third kappa shape index (κ3) is 2.80. The molecule has 2 aromatic carbocycles. The normalized spacial score (nSPS) is 10.4. The molecule has 0 atom stereocenters. The molecule has 2 nitrogen and oxygen atoms in total. The summed E-state index contributed by atoms with van der Waals surface area (Å²) in [5.74, 6) is -0.287. The fraction of sp³-hybridized carbons (Fsp3) is 0.200. The third-order valence-corrected chi connectivity index (χ3v) is 2.89. The molecular formula is C15H17FN2. The average Bonchev–Trinajstić information content (AvgIpc) is 2.28. The van der Waals surface area contributed by atoms with E-state index in [-0.39, 0.29) is 5.82 Å². The van der Waals surface area contributed by atoms with Crippen LogP contribution >= 0.6 is 0 Å². The second kappa shape index (κ2) is 5.08. The summed E-state index contributed by atoms with van der Waals surface area (Å²) in [5.41, 5.74) is 8.92. The molecule has 0 radical (unpaired) electrons. The summed E-state index contributed by atoms with van der Waals surface area (Å²) in [4.78, 5) is 1.88. The highest BCUT2D eigenvalue weighted by molar-refractivity contribution is 5.54. The zero-order chi connectivity index (χ0) is 13.1. The minimum atomic E-state index is -0.287. The molecule has 0 fully saturated rings. The Morgan fingerprint density at radius 2 is 1.94 bits per heavy atom. The Kier molecular flexibility index (Phi) is 3.51. The summed E-state index contributed by atoms with van der Waals surface area (Å²) in [6, 6.07) is 13.0. The van der Waals surface area contributed by atoms with Gasteiger partial charge in [-0.05, 0) is 30.7 Å². The molecule has 0 aliphatic heterocycles. The van der Waals surface area contributed by atoms with E-state index >= 15 is 0 Å². The number of hydrogen-bond acceptors (Lipinski definition) is 2. The number of anilines is 2. The van der Waals surface area contributed by atoms with Gasteiger partial charge in [0.1, 0.15) is 5.82 Å². The number of rotatable bonds is 3. The van der Waals surface area contributed by atoms with Gasteiger partial charge in [0, 0.05) is 19.3 Å². The highest BCUT2D eigenvalue weighted by Crippen LogP contribution is 2.22. The van der Waals surface area contributed by atoms with Gasteiger partial charge in [-0.1, -0.05) is 29.8 Å². The lowest BCUT2D eigenvalue weighted by Crippen LogP contribution is -2.17. The van der Waals surface area contributed by atoms with Gasteiger partial charge in [-0.3, -0.25) is 0 Å². The molecule has 0 spiro atoms. The molecule has 2 N–H and O–H groups in total. The van der Waals surface area contributed by atoms with E-state index < -0.39 is 0 Å². The van der Waals surface area contributed by atoms with E-state index in [9.17, 15) is 4.39 Å². The van der Waals surface area contributed by atoms with Gasteiger partial charge in [-0.2, -0.15) is 0 Å². The van der Waals surface area contributed by atoms with Crippen molar-refractivity contribution in [2.45, 2.75) is 13.5 Å². The molecule has 0 aliphatic rings. The van der Waals surface area contributed by atoms with Gasteiger partial charge in [0.25, 0.3) is 0 Å². The molecule has 0 aromatic heterocycles. The van der Waals surface area contributed by atoms with Gasteiger partial charge in [0.15, 0.2) is 0 Å². The molecule has 3 heteroatoms. The van der Waals surface area contributed by atoms with E-state index in [0.717, 1.165) is 5.56 Å². The Bertz CT molecular complexity index is 552. The van der Waals surface area contributed by atoms with Crippen LogP contribution in [-0.4, -0.2) is 7.05 Å². The summed E-state index contributed by atoms with van der Waals surface area (Å²) in [6.45, 7) is 2.72. The molecule has 0 unspecified atom stereocenters. The number of nitrogens with zero attached hydrogens (tertiary/aromatic N) is 1. The van der Waals surface area contributed by atoms with Crippen LogP contribution in [0.1, 0.15) is 11.1 Å². The second-order valence-corrected chi connectivity index (χ2v) is 4.56. The van der Waals surface area contributed by atoms with Gasteiger partial charge in [0.05, 0.1) is 5.69 Å². The Balaban J connectivity index is 2.19. The van der Waals surface area contributed by atoms with Gasteiger partial charge in [-0.15, -0.1) is 0 Å². The number of halogens is 1. The maximum atomic E-state index is 13.8. The fourth-order valence-electron chi connectivity index (χ4n) is 2.00. The van der Waals surface area contributed by atoms with Crippen molar-refractivity contribution in [1.82, 2.24) is 0 Å². The lowest BCUT2D eigenvalue weighted by Gasteiger charge is -2.20. The molecule has 0 aliphatic carbocycles. The van der Waals surface area contributed by atoms with Crippen molar-refractivity contribution in [3.05, 3.63) is 59.4 Å². The summed E-state index contributed by atoms with van der Waals surface area (Å²) in [7, 11) is 1.87. The lowest BCUT2D eigenvalue weighted by molar-refractivity contribution is 0.623. The topological polar surface area (TPSA) is 29.3 Å². The van der Waals surface area contributed by atoms with Crippen LogP contribution in [0, 0.1) is 12.7 Å².